The van der Waals surface area contributed by atoms with Crippen LogP contribution in [0, 0.1) is 0 Å². The van der Waals surface area contributed by atoms with Crippen LogP contribution in [0.2, 0.25) is 0 Å². The summed E-state index contributed by atoms with van der Waals surface area (Å²) in [7, 11) is 0. The predicted octanol–water partition coefficient (Wildman–Crippen LogP) is 5.67. The van der Waals surface area contributed by atoms with Gasteiger partial charge in [0, 0.05) is 55.9 Å². The standard InChI is InChI=1S/C25H28N4O4S/c1-25(2,3)33-24(30)29-11-5-10-28(12-13-29)15-17-16-31-20-14-18(7-8-19(17)20)32-23-27-22-21(34-23)6-4-9-26-22/h4,6-9,14,16H,5,10-13,15H2,1-3H3. The summed E-state index contributed by atoms with van der Waals surface area (Å²) in [5, 5.41) is 1.62. The van der Waals surface area contributed by atoms with Gasteiger partial charge >= 0.3 is 6.09 Å². The minimum absolute atomic E-state index is 0.237. The molecule has 8 nitrogen and oxygen atoms in total. The molecular formula is C25H28N4O4S. The van der Waals surface area contributed by atoms with Gasteiger partial charge in [0.2, 0.25) is 0 Å². The van der Waals surface area contributed by atoms with Gasteiger partial charge in [0.05, 0.1) is 11.0 Å². The van der Waals surface area contributed by atoms with Crippen LogP contribution in [0.3, 0.4) is 0 Å². The van der Waals surface area contributed by atoms with Crippen LogP contribution in [0.1, 0.15) is 32.8 Å². The lowest BCUT2D eigenvalue weighted by Gasteiger charge is -2.26. The van der Waals surface area contributed by atoms with Gasteiger partial charge in [-0.3, -0.25) is 4.90 Å². The summed E-state index contributed by atoms with van der Waals surface area (Å²) in [5.41, 5.74) is 2.10. The highest BCUT2D eigenvalue weighted by Gasteiger charge is 2.25. The van der Waals surface area contributed by atoms with E-state index in [-0.39, 0.29) is 6.09 Å². The van der Waals surface area contributed by atoms with Gasteiger partial charge in [-0.2, -0.15) is 4.98 Å². The largest absolute Gasteiger partial charge is 0.464 e. The van der Waals surface area contributed by atoms with Crippen molar-refractivity contribution in [2.24, 2.45) is 0 Å². The van der Waals surface area contributed by atoms with Gasteiger partial charge in [-0.1, -0.05) is 11.3 Å². The monoisotopic (exact) mass is 480 g/mol. The lowest BCUT2D eigenvalue weighted by molar-refractivity contribution is 0.0257. The number of carbonyl (C=O) groups excluding carboxylic acids is 1. The first-order chi connectivity index (χ1) is 16.3. The SMILES string of the molecule is CC(C)(C)OC(=O)N1CCCN(Cc2coc3cc(Oc4nc5ncccc5s4)ccc23)CC1. The molecule has 9 heteroatoms. The summed E-state index contributed by atoms with van der Waals surface area (Å²) < 4.78 is 18.3. The van der Waals surface area contributed by atoms with Gasteiger partial charge in [-0.05, 0) is 51.5 Å². The van der Waals surface area contributed by atoms with E-state index in [2.05, 4.69) is 14.9 Å². The van der Waals surface area contributed by atoms with Gasteiger partial charge in [0.1, 0.15) is 16.9 Å². The number of ether oxygens (including phenoxy) is 2. The van der Waals surface area contributed by atoms with Crippen LogP contribution in [-0.2, 0) is 11.3 Å². The van der Waals surface area contributed by atoms with Crippen molar-refractivity contribution in [2.45, 2.75) is 39.3 Å². The molecule has 0 unspecified atom stereocenters. The van der Waals surface area contributed by atoms with E-state index in [0.717, 1.165) is 47.3 Å². The second-order valence-electron chi connectivity index (χ2n) is 9.42. The Hall–Kier alpha value is -3.17. The number of nitrogens with zero attached hydrogens (tertiary/aromatic N) is 4. The number of furan rings is 1. The number of fused-ring (bicyclic) bond motifs is 2. The fourth-order valence-corrected chi connectivity index (χ4v) is 4.82. The molecule has 1 amide bonds. The highest BCUT2D eigenvalue weighted by atomic mass is 32.1. The maximum absolute atomic E-state index is 12.4. The van der Waals surface area contributed by atoms with Crippen LogP contribution in [0.15, 0.2) is 47.2 Å². The molecule has 0 aliphatic carbocycles. The molecule has 1 saturated heterocycles. The van der Waals surface area contributed by atoms with E-state index in [1.807, 2.05) is 57.4 Å². The molecule has 0 spiro atoms. The van der Waals surface area contributed by atoms with Crippen molar-refractivity contribution in [3.8, 4) is 10.9 Å². The van der Waals surface area contributed by atoms with Crippen molar-refractivity contribution in [2.75, 3.05) is 26.2 Å². The van der Waals surface area contributed by atoms with Crippen LogP contribution < -0.4 is 4.74 Å². The van der Waals surface area contributed by atoms with Gasteiger partial charge < -0.3 is 18.8 Å². The Morgan fingerprint density at radius 2 is 2.06 bits per heavy atom. The Kier molecular flexibility index (Phi) is 6.14. The van der Waals surface area contributed by atoms with E-state index in [0.29, 0.717) is 29.7 Å². The molecule has 5 rings (SSSR count). The number of pyridine rings is 1. The minimum Gasteiger partial charge on any atom is -0.464 e. The average Bonchev–Trinajstić information content (AvgIpc) is 3.28. The van der Waals surface area contributed by atoms with Crippen molar-refractivity contribution in [1.82, 2.24) is 19.8 Å². The molecule has 3 aromatic heterocycles. The van der Waals surface area contributed by atoms with Crippen LogP contribution in [0.5, 0.6) is 10.9 Å². The average molecular weight is 481 g/mol. The van der Waals surface area contributed by atoms with Gasteiger partial charge in [0.25, 0.3) is 5.19 Å². The number of benzene rings is 1. The number of rotatable bonds is 4. The molecule has 1 fully saturated rings. The number of amides is 1. The molecule has 1 aliphatic rings. The Balaban J connectivity index is 1.24. The first-order valence-electron chi connectivity index (χ1n) is 11.4. The van der Waals surface area contributed by atoms with E-state index in [1.54, 1.807) is 11.1 Å². The molecule has 1 aromatic carbocycles. The van der Waals surface area contributed by atoms with Crippen LogP contribution in [0.25, 0.3) is 21.3 Å². The summed E-state index contributed by atoms with van der Waals surface area (Å²) >= 11 is 1.46. The van der Waals surface area contributed by atoms with Crippen LogP contribution >= 0.6 is 11.3 Å². The molecule has 0 radical (unpaired) electrons. The first kappa shape index (κ1) is 22.6. The molecule has 1 aliphatic heterocycles. The number of thiazole rings is 1. The molecule has 0 bridgehead atoms. The highest BCUT2D eigenvalue weighted by Crippen LogP contribution is 2.33. The predicted molar refractivity (Wildman–Crippen MR) is 131 cm³/mol. The van der Waals surface area contributed by atoms with E-state index < -0.39 is 5.60 Å². The van der Waals surface area contributed by atoms with Gasteiger partial charge in [0.15, 0.2) is 5.65 Å². The van der Waals surface area contributed by atoms with Crippen molar-refractivity contribution < 1.29 is 18.7 Å². The highest BCUT2D eigenvalue weighted by molar-refractivity contribution is 7.20. The normalized spacial score (nSPS) is 15.6. The summed E-state index contributed by atoms with van der Waals surface area (Å²) in [6, 6.07) is 9.73. The first-order valence-corrected chi connectivity index (χ1v) is 12.3. The molecule has 178 valence electrons. The van der Waals surface area contributed by atoms with Crippen molar-refractivity contribution in [3.05, 3.63) is 48.4 Å². The fraction of sp³-hybridized carbons (Fsp3) is 0.400. The molecule has 34 heavy (non-hydrogen) atoms. The van der Waals surface area contributed by atoms with Crippen molar-refractivity contribution >= 4 is 38.7 Å². The Labute approximate surface area is 202 Å². The topological polar surface area (TPSA) is 80.9 Å². The Morgan fingerprint density at radius 1 is 1.18 bits per heavy atom. The third-order valence-corrected chi connectivity index (χ3v) is 6.50. The van der Waals surface area contributed by atoms with E-state index >= 15 is 0 Å². The molecule has 0 atom stereocenters. The van der Waals surface area contributed by atoms with Gasteiger partial charge in [-0.15, -0.1) is 0 Å². The van der Waals surface area contributed by atoms with Crippen LogP contribution in [-0.4, -0.2) is 57.6 Å². The maximum Gasteiger partial charge on any atom is 0.410 e. The molecule has 4 aromatic rings. The molecule has 4 heterocycles. The Morgan fingerprint density at radius 3 is 2.88 bits per heavy atom. The fourth-order valence-electron chi connectivity index (χ4n) is 4.02. The van der Waals surface area contributed by atoms with Crippen molar-refractivity contribution in [3.63, 3.8) is 0 Å². The number of hydrogen-bond donors (Lipinski definition) is 0. The third kappa shape index (κ3) is 5.15. The third-order valence-electron chi connectivity index (χ3n) is 5.61. The zero-order valence-corrected chi connectivity index (χ0v) is 20.4. The quantitative estimate of drug-likeness (QED) is 0.372. The summed E-state index contributed by atoms with van der Waals surface area (Å²) in [5.74, 6) is 0.676. The summed E-state index contributed by atoms with van der Waals surface area (Å²) in [4.78, 5) is 25.3. The Bertz CT molecular complexity index is 1280. The zero-order chi connectivity index (χ0) is 23.7. The zero-order valence-electron chi connectivity index (χ0n) is 19.6. The second kappa shape index (κ2) is 9.23. The number of aromatic nitrogens is 2. The number of carbonyl (C=O) groups is 1. The summed E-state index contributed by atoms with van der Waals surface area (Å²) in [6.45, 7) is 9.51. The number of hydrogen-bond acceptors (Lipinski definition) is 8. The lowest BCUT2D eigenvalue weighted by Crippen LogP contribution is -2.39. The van der Waals surface area contributed by atoms with Gasteiger partial charge in [-0.25, -0.2) is 9.78 Å². The minimum atomic E-state index is -0.481. The van der Waals surface area contributed by atoms with Crippen molar-refractivity contribution in [1.29, 1.82) is 0 Å². The van der Waals surface area contributed by atoms with E-state index in [1.165, 1.54) is 11.3 Å². The molecular weight excluding hydrogens is 452 g/mol. The second-order valence-corrected chi connectivity index (χ2v) is 10.4. The lowest BCUT2D eigenvalue weighted by atomic mass is 10.1. The summed E-state index contributed by atoms with van der Waals surface area (Å²) in [6.07, 6.45) is 4.21. The molecule has 0 saturated carbocycles. The van der Waals surface area contributed by atoms with E-state index in [4.69, 9.17) is 13.9 Å². The van der Waals surface area contributed by atoms with Crippen LogP contribution in [0.4, 0.5) is 4.79 Å². The molecule has 0 N–H and O–H groups in total. The van der Waals surface area contributed by atoms with E-state index in [9.17, 15) is 4.79 Å². The smallest absolute Gasteiger partial charge is 0.410 e. The maximum atomic E-state index is 12.4.